The summed E-state index contributed by atoms with van der Waals surface area (Å²) in [5, 5.41) is 0. The summed E-state index contributed by atoms with van der Waals surface area (Å²) in [5.41, 5.74) is 0.679. The number of hydrogen-bond acceptors (Lipinski definition) is 3. The molecule has 0 aliphatic carbocycles. The molecule has 3 nitrogen and oxygen atoms in total. The molecule has 0 radical (unpaired) electrons. The van der Waals surface area contributed by atoms with E-state index in [-0.39, 0.29) is 6.10 Å². The molecule has 1 aromatic rings. The van der Waals surface area contributed by atoms with Gasteiger partial charge in [-0.25, -0.2) is 4.98 Å². The molecule has 0 N–H and O–H groups in total. The van der Waals surface area contributed by atoms with E-state index in [9.17, 15) is 0 Å². The van der Waals surface area contributed by atoms with Crippen molar-refractivity contribution in [1.82, 2.24) is 4.98 Å². The molecule has 17 heavy (non-hydrogen) atoms. The van der Waals surface area contributed by atoms with Crippen molar-refractivity contribution in [3.63, 3.8) is 0 Å². The normalized spacial score (nSPS) is 19.0. The molecule has 2 heterocycles. The highest BCUT2D eigenvalue weighted by atomic mass is 16.5. The van der Waals surface area contributed by atoms with Gasteiger partial charge in [0.25, 0.3) is 0 Å². The van der Waals surface area contributed by atoms with E-state index >= 15 is 0 Å². The van der Waals surface area contributed by atoms with E-state index in [1.54, 1.807) is 6.08 Å². The van der Waals surface area contributed by atoms with Crippen molar-refractivity contribution < 1.29 is 4.74 Å². The Kier molecular flexibility index (Phi) is 3.79. The Morgan fingerprint density at radius 3 is 3.29 bits per heavy atom. The fraction of sp³-hybridized carbons (Fsp3) is 0.357. The number of nitrogens with zero attached hydrogens (tertiary/aromatic N) is 2. The molecular weight excluding hydrogens is 212 g/mol. The third-order valence-electron chi connectivity index (χ3n) is 2.80. The highest BCUT2D eigenvalue weighted by Gasteiger charge is 2.23. The van der Waals surface area contributed by atoms with Gasteiger partial charge in [0.15, 0.2) is 0 Å². The lowest BCUT2D eigenvalue weighted by Crippen LogP contribution is -2.23. The third-order valence-corrected chi connectivity index (χ3v) is 2.80. The zero-order chi connectivity index (χ0) is 12.1. The van der Waals surface area contributed by atoms with Gasteiger partial charge in [0.2, 0.25) is 0 Å². The Bertz CT molecular complexity index is 436. The van der Waals surface area contributed by atoms with Crippen LogP contribution in [0.4, 0.5) is 5.82 Å². The van der Waals surface area contributed by atoms with Crippen molar-refractivity contribution in [3.8, 4) is 12.3 Å². The van der Waals surface area contributed by atoms with Crippen molar-refractivity contribution in [2.24, 2.45) is 0 Å². The number of rotatable bonds is 4. The maximum Gasteiger partial charge on any atom is 0.130 e. The summed E-state index contributed by atoms with van der Waals surface area (Å²) in [6, 6.07) is 5.76. The number of aromatic nitrogens is 1. The molecule has 0 saturated carbocycles. The summed E-state index contributed by atoms with van der Waals surface area (Å²) in [6.07, 6.45) is 8.41. The summed E-state index contributed by atoms with van der Waals surface area (Å²) < 4.78 is 5.63. The largest absolute Gasteiger partial charge is 0.372 e. The van der Waals surface area contributed by atoms with E-state index in [1.165, 1.54) is 0 Å². The van der Waals surface area contributed by atoms with E-state index in [4.69, 9.17) is 11.2 Å². The van der Waals surface area contributed by atoms with Crippen molar-refractivity contribution in [2.45, 2.75) is 12.5 Å². The second-order valence-corrected chi connectivity index (χ2v) is 4.00. The lowest BCUT2D eigenvalue weighted by Gasteiger charge is -2.17. The fourth-order valence-corrected chi connectivity index (χ4v) is 1.96. The maximum absolute atomic E-state index is 5.63. The molecule has 0 bridgehead atoms. The van der Waals surface area contributed by atoms with Gasteiger partial charge in [0, 0.05) is 13.1 Å². The van der Waals surface area contributed by atoms with Crippen LogP contribution in [0.15, 0.2) is 30.9 Å². The smallest absolute Gasteiger partial charge is 0.130 e. The molecule has 1 aliphatic rings. The van der Waals surface area contributed by atoms with Crippen LogP contribution in [0.2, 0.25) is 0 Å². The van der Waals surface area contributed by atoms with Gasteiger partial charge < -0.3 is 9.64 Å². The summed E-state index contributed by atoms with van der Waals surface area (Å²) in [6.45, 7) is 6.09. The summed E-state index contributed by atoms with van der Waals surface area (Å²) in [7, 11) is 0. The standard InChI is InChI=1S/C14H16N2O/c1-3-10-17-13-8-9-16(11-13)14-7-5-6-12(4-2)15-14/h2-3,5-7,13H,1,8-11H2. The summed E-state index contributed by atoms with van der Waals surface area (Å²) in [4.78, 5) is 6.61. The van der Waals surface area contributed by atoms with E-state index in [0.717, 1.165) is 25.3 Å². The average molecular weight is 228 g/mol. The minimum absolute atomic E-state index is 0.268. The number of hydrogen-bond donors (Lipinski definition) is 0. The molecule has 1 aromatic heterocycles. The van der Waals surface area contributed by atoms with Crippen molar-refractivity contribution in [2.75, 3.05) is 24.6 Å². The van der Waals surface area contributed by atoms with E-state index in [0.29, 0.717) is 12.3 Å². The molecule has 2 rings (SSSR count). The first kappa shape index (κ1) is 11.7. The molecule has 1 unspecified atom stereocenters. The second-order valence-electron chi connectivity index (χ2n) is 4.00. The van der Waals surface area contributed by atoms with Gasteiger partial charge in [0.1, 0.15) is 11.5 Å². The molecule has 1 fully saturated rings. The number of terminal acetylenes is 1. The number of anilines is 1. The molecule has 88 valence electrons. The molecule has 3 heteroatoms. The third kappa shape index (κ3) is 2.86. The minimum Gasteiger partial charge on any atom is -0.372 e. The van der Waals surface area contributed by atoms with Crippen molar-refractivity contribution in [1.29, 1.82) is 0 Å². The Balaban J connectivity index is 2.00. The molecule has 0 amide bonds. The summed E-state index contributed by atoms with van der Waals surface area (Å²) in [5.74, 6) is 3.49. The molecular formula is C14H16N2O. The predicted octanol–water partition coefficient (Wildman–Crippen LogP) is 1.84. The first-order chi connectivity index (χ1) is 8.33. The predicted molar refractivity (Wildman–Crippen MR) is 68.9 cm³/mol. The van der Waals surface area contributed by atoms with E-state index in [2.05, 4.69) is 22.4 Å². The van der Waals surface area contributed by atoms with Crippen LogP contribution >= 0.6 is 0 Å². The Labute approximate surface area is 102 Å². The topological polar surface area (TPSA) is 25.4 Å². The zero-order valence-electron chi connectivity index (χ0n) is 9.80. The van der Waals surface area contributed by atoms with E-state index in [1.807, 2.05) is 18.2 Å². The Hall–Kier alpha value is -1.79. The van der Waals surface area contributed by atoms with Crippen molar-refractivity contribution in [3.05, 3.63) is 36.5 Å². The van der Waals surface area contributed by atoms with Gasteiger partial charge in [-0.2, -0.15) is 0 Å². The van der Waals surface area contributed by atoms with Crippen LogP contribution in [0.3, 0.4) is 0 Å². The monoisotopic (exact) mass is 228 g/mol. The molecule has 1 atom stereocenters. The Morgan fingerprint density at radius 1 is 1.65 bits per heavy atom. The van der Waals surface area contributed by atoms with E-state index < -0.39 is 0 Å². The number of pyridine rings is 1. The molecule has 1 saturated heterocycles. The Morgan fingerprint density at radius 2 is 2.53 bits per heavy atom. The molecule has 0 spiro atoms. The van der Waals surface area contributed by atoms with Gasteiger partial charge in [-0.15, -0.1) is 13.0 Å². The lowest BCUT2D eigenvalue weighted by molar-refractivity contribution is 0.0909. The van der Waals surface area contributed by atoms with Crippen LogP contribution in [0.25, 0.3) is 0 Å². The quantitative estimate of drug-likeness (QED) is 0.581. The van der Waals surface area contributed by atoms with Crippen LogP contribution in [0, 0.1) is 12.3 Å². The average Bonchev–Trinajstić information content (AvgIpc) is 2.85. The fourth-order valence-electron chi connectivity index (χ4n) is 1.96. The van der Waals surface area contributed by atoms with Gasteiger partial charge in [-0.05, 0) is 18.6 Å². The SMILES string of the molecule is C#Cc1cccc(N2CCC(OCC=C)C2)n1. The van der Waals surface area contributed by atoms with Gasteiger partial charge in [-0.3, -0.25) is 0 Å². The zero-order valence-corrected chi connectivity index (χ0v) is 9.80. The lowest BCUT2D eigenvalue weighted by atomic mass is 10.3. The minimum atomic E-state index is 0.268. The second kappa shape index (κ2) is 5.51. The maximum atomic E-state index is 5.63. The van der Waals surface area contributed by atoms with Crippen LogP contribution in [-0.2, 0) is 4.74 Å². The van der Waals surface area contributed by atoms with Crippen molar-refractivity contribution >= 4 is 5.82 Å². The van der Waals surface area contributed by atoms with Crippen LogP contribution in [-0.4, -0.2) is 30.8 Å². The highest BCUT2D eigenvalue weighted by Crippen LogP contribution is 2.19. The van der Waals surface area contributed by atoms with Gasteiger partial charge >= 0.3 is 0 Å². The van der Waals surface area contributed by atoms with Crippen LogP contribution in [0.1, 0.15) is 12.1 Å². The van der Waals surface area contributed by atoms with Gasteiger partial charge in [0.05, 0.1) is 12.7 Å². The highest BCUT2D eigenvalue weighted by molar-refractivity contribution is 5.43. The summed E-state index contributed by atoms with van der Waals surface area (Å²) >= 11 is 0. The first-order valence-electron chi connectivity index (χ1n) is 5.74. The van der Waals surface area contributed by atoms with Gasteiger partial charge in [-0.1, -0.05) is 18.1 Å². The number of ether oxygens (including phenoxy) is 1. The van der Waals surface area contributed by atoms with Crippen LogP contribution < -0.4 is 4.90 Å². The molecule has 1 aliphatic heterocycles. The van der Waals surface area contributed by atoms with Crippen LogP contribution in [0.5, 0.6) is 0 Å². The molecule has 0 aromatic carbocycles. The first-order valence-corrected chi connectivity index (χ1v) is 5.74.